The molecule has 0 aromatic heterocycles. The molecule has 1 aliphatic heterocycles. The van der Waals surface area contributed by atoms with Crippen LogP contribution in [0.25, 0.3) is 5.76 Å². The summed E-state index contributed by atoms with van der Waals surface area (Å²) < 4.78 is 0. The number of nitro benzene ring substituents is 2. The summed E-state index contributed by atoms with van der Waals surface area (Å²) in [5.41, 5.74) is -0.0485. The van der Waals surface area contributed by atoms with Crippen molar-refractivity contribution in [1.29, 1.82) is 0 Å². The van der Waals surface area contributed by atoms with Gasteiger partial charge in [0.25, 0.3) is 23.1 Å². The van der Waals surface area contributed by atoms with Gasteiger partial charge in [0.1, 0.15) is 5.76 Å². The van der Waals surface area contributed by atoms with Crippen LogP contribution in [0.2, 0.25) is 0 Å². The Labute approximate surface area is 186 Å². The summed E-state index contributed by atoms with van der Waals surface area (Å²) in [6, 6.07) is 17.3. The average Bonchev–Trinajstić information content (AvgIpc) is 3.09. The third-order valence-corrected chi connectivity index (χ3v) is 5.23. The molecule has 1 heterocycles. The zero-order chi connectivity index (χ0) is 23.7. The van der Waals surface area contributed by atoms with E-state index in [2.05, 4.69) is 0 Å². The predicted octanol–water partition coefficient (Wildman–Crippen LogP) is 4.13. The van der Waals surface area contributed by atoms with E-state index in [4.69, 9.17) is 0 Å². The first-order chi connectivity index (χ1) is 15.8. The van der Waals surface area contributed by atoms with Crippen LogP contribution >= 0.6 is 0 Å². The lowest BCUT2D eigenvalue weighted by Gasteiger charge is -2.25. The Morgan fingerprint density at radius 2 is 1.45 bits per heavy atom. The molecule has 33 heavy (non-hydrogen) atoms. The maximum Gasteiger partial charge on any atom is 0.300 e. The molecule has 1 N–H and O–H groups in total. The van der Waals surface area contributed by atoms with Gasteiger partial charge < -0.3 is 5.11 Å². The fraction of sp³-hybridized carbons (Fsp3) is 0.0435. The number of nitrogens with zero attached hydrogens (tertiary/aromatic N) is 3. The number of aliphatic hydroxyl groups excluding tert-OH is 1. The predicted molar refractivity (Wildman–Crippen MR) is 117 cm³/mol. The quantitative estimate of drug-likeness (QED) is 0.204. The van der Waals surface area contributed by atoms with Gasteiger partial charge >= 0.3 is 0 Å². The molecule has 1 fully saturated rings. The molecule has 0 aliphatic carbocycles. The Bertz CT molecular complexity index is 1320. The Morgan fingerprint density at radius 1 is 0.818 bits per heavy atom. The lowest BCUT2D eigenvalue weighted by Crippen LogP contribution is -2.29. The van der Waals surface area contributed by atoms with Crippen LogP contribution in [0.1, 0.15) is 17.2 Å². The number of hydrogen-bond acceptors (Lipinski definition) is 7. The van der Waals surface area contributed by atoms with Gasteiger partial charge in [-0.3, -0.25) is 34.7 Å². The van der Waals surface area contributed by atoms with Crippen molar-refractivity contribution in [1.82, 2.24) is 0 Å². The average molecular weight is 445 g/mol. The van der Waals surface area contributed by atoms with E-state index in [1.54, 1.807) is 30.3 Å². The minimum Gasteiger partial charge on any atom is -0.507 e. The van der Waals surface area contributed by atoms with Crippen molar-refractivity contribution in [2.75, 3.05) is 4.90 Å². The van der Waals surface area contributed by atoms with Gasteiger partial charge in [-0.05, 0) is 23.8 Å². The molecular weight excluding hydrogens is 430 g/mol. The largest absolute Gasteiger partial charge is 0.507 e. The van der Waals surface area contributed by atoms with Crippen molar-refractivity contribution in [2.45, 2.75) is 6.04 Å². The standard InChI is InChI=1S/C23H15N3O7/c27-21(15-5-2-1-3-6-15)19-20(14-9-11-16(12-10-14)25(30)31)24(23(29)22(19)28)17-7-4-8-18(13-17)26(32)33/h1-13,20,27H/t20-/m1/s1. The second kappa shape index (κ2) is 8.35. The molecule has 1 aliphatic rings. The number of benzene rings is 3. The van der Waals surface area contributed by atoms with Crippen molar-refractivity contribution in [2.24, 2.45) is 0 Å². The third-order valence-electron chi connectivity index (χ3n) is 5.23. The number of rotatable bonds is 5. The maximum atomic E-state index is 13.0. The topological polar surface area (TPSA) is 144 Å². The van der Waals surface area contributed by atoms with E-state index in [0.717, 1.165) is 11.0 Å². The van der Waals surface area contributed by atoms with E-state index >= 15 is 0 Å². The molecule has 3 aromatic carbocycles. The number of ketones is 1. The van der Waals surface area contributed by atoms with Gasteiger partial charge in [-0.25, -0.2) is 0 Å². The molecule has 1 atom stereocenters. The Morgan fingerprint density at radius 3 is 2.06 bits per heavy atom. The Balaban J connectivity index is 1.94. The number of non-ortho nitro benzene ring substituents is 2. The smallest absolute Gasteiger partial charge is 0.300 e. The van der Waals surface area contributed by atoms with Crippen molar-refractivity contribution >= 4 is 34.5 Å². The van der Waals surface area contributed by atoms with Crippen LogP contribution in [0.5, 0.6) is 0 Å². The van der Waals surface area contributed by atoms with Crippen LogP contribution in [-0.4, -0.2) is 26.6 Å². The summed E-state index contributed by atoms with van der Waals surface area (Å²) in [5, 5.41) is 33.3. The number of hydrogen-bond donors (Lipinski definition) is 1. The van der Waals surface area contributed by atoms with Crippen molar-refractivity contribution in [3.63, 3.8) is 0 Å². The molecule has 0 radical (unpaired) electrons. The number of amides is 1. The molecule has 0 saturated carbocycles. The molecule has 3 aromatic rings. The van der Waals surface area contributed by atoms with Crippen LogP contribution in [0.3, 0.4) is 0 Å². The number of Topliss-reactive ketones (excluding diaryl/α,β-unsaturated/α-hetero) is 1. The highest BCUT2D eigenvalue weighted by Gasteiger charge is 2.47. The van der Waals surface area contributed by atoms with E-state index in [1.165, 1.54) is 42.5 Å². The lowest BCUT2D eigenvalue weighted by molar-refractivity contribution is -0.385. The Kier molecular flexibility index (Phi) is 5.41. The fourth-order valence-corrected chi connectivity index (χ4v) is 3.70. The summed E-state index contributed by atoms with van der Waals surface area (Å²) in [6.45, 7) is 0. The van der Waals surface area contributed by atoms with Crippen molar-refractivity contribution in [3.8, 4) is 0 Å². The third kappa shape index (κ3) is 3.81. The van der Waals surface area contributed by atoms with Crippen LogP contribution in [0, 0.1) is 20.2 Å². The first-order valence-corrected chi connectivity index (χ1v) is 9.65. The van der Waals surface area contributed by atoms with Crippen LogP contribution < -0.4 is 4.90 Å². The van der Waals surface area contributed by atoms with Gasteiger partial charge in [0, 0.05) is 29.8 Å². The number of nitro groups is 2. The second-order valence-corrected chi connectivity index (χ2v) is 7.16. The lowest BCUT2D eigenvalue weighted by atomic mass is 9.95. The van der Waals surface area contributed by atoms with Crippen molar-refractivity contribution < 1.29 is 24.5 Å². The highest BCUT2D eigenvalue weighted by Crippen LogP contribution is 2.43. The highest BCUT2D eigenvalue weighted by molar-refractivity contribution is 6.51. The summed E-state index contributed by atoms with van der Waals surface area (Å²) in [4.78, 5) is 48.2. The SMILES string of the molecule is O=C1C(=O)N(c2cccc([N+](=O)[O-])c2)[C@H](c2ccc([N+](=O)[O-])cc2)C1=C(O)c1ccccc1. The van der Waals surface area contributed by atoms with E-state index in [0.29, 0.717) is 11.1 Å². The molecule has 164 valence electrons. The van der Waals surface area contributed by atoms with E-state index in [9.17, 15) is 34.9 Å². The van der Waals surface area contributed by atoms with Crippen LogP contribution in [0.15, 0.2) is 84.4 Å². The molecule has 1 saturated heterocycles. The van der Waals surface area contributed by atoms with Crippen molar-refractivity contribution in [3.05, 3.63) is 116 Å². The Hall–Kier alpha value is -4.86. The van der Waals surface area contributed by atoms with Gasteiger partial charge in [-0.2, -0.15) is 0 Å². The summed E-state index contributed by atoms with van der Waals surface area (Å²) >= 11 is 0. The summed E-state index contributed by atoms with van der Waals surface area (Å²) in [6.07, 6.45) is 0. The number of carbonyl (C=O) groups is 2. The fourth-order valence-electron chi connectivity index (χ4n) is 3.70. The number of carbonyl (C=O) groups excluding carboxylic acids is 2. The van der Waals surface area contributed by atoms with Gasteiger partial charge in [0.15, 0.2) is 0 Å². The van der Waals surface area contributed by atoms with Gasteiger partial charge in [0.05, 0.1) is 27.1 Å². The molecule has 0 bridgehead atoms. The molecular formula is C23H15N3O7. The molecule has 10 heteroatoms. The van der Waals surface area contributed by atoms with E-state index < -0.39 is 33.3 Å². The number of aliphatic hydroxyl groups is 1. The zero-order valence-electron chi connectivity index (χ0n) is 16.8. The molecule has 0 unspecified atom stereocenters. The number of anilines is 1. The maximum absolute atomic E-state index is 13.0. The van der Waals surface area contributed by atoms with E-state index in [-0.39, 0.29) is 22.6 Å². The van der Waals surface area contributed by atoms with Crippen LogP contribution in [-0.2, 0) is 9.59 Å². The minimum absolute atomic E-state index is 0.0711. The highest BCUT2D eigenvalue weighted by atomic mass is 16.6. The van der Waals surface area contributed by atoms with Crippen LogP contribution in [0.4, 0.5) is 17.1 Å². The first kappa shape index (κ1) is 21.4. The second-order valence-electron chi connectivity index (χ2n) is 7.16. The summed E-state index contributed by atoms with van der Waals surface area (Å²) in [5.74, 6) is -2.40. The normalized spacial score (nSPS) is 17.2. The van der Waals surface area contributed by atoms with E-state index in [1.807, 2.05) is 0 Å². The molecule has 10 nitrogen and oxygen atoms in total. The van der Waals surface area contributed by atoms with Gasteiger partial charge in [0.2, 0.25) is 0 Å². The molecule has 1 amide bonds. The van der Waals surface area contributed by atoms with Gasteiger partial charge in [-0.1, -0.05) is 36.4 Å². The zero-order valence-corrected chi connectivity index (χ0v) is 16.8. The molecule has 0 spiro atoms. The first-order valence-electron chi connectivity index (χ1n) is 9.65. The minimum atomic E-state index is -1.16. The van der Waals surface area contributed by atoms with Gasteiger partial charge in [-0.15, -0.1) is 0 Å². The summed E-state index contributed by atoms with van der Waals surface area (Å²) in [7, 11) is 0. The monoisotopic (exact) mass is 445 g/mol. The molecule has 4 rings (SSSR count).